The fourth-order valence-electron chi connectivity index (χ4n) is 3.96. The molecular formula is C21H26ClN5O3S. The number of urea groups is 1. The Labute approximate surface area is 187 Å². The lowest BCUT2D eigenvalue weighted by Crippen LogP contribution is -2.51. The van der Waals surface area contributed by atoms with Crippen molar-refractivity contribution in [3.63, 3.8) is 0 Å². The lowest BCUT2D eigenvalue weighted by atomic mass is 10.1. The minimum atomic E-state index is -3.60. The monoisotopic (exact) mass is 463 g/mol. The van der Waals surface area contributed by atoms with Crippen LogP contribution in [0, 0.1) is 0 Å². The Balaban J connectivity index is 1.34. The van der Waals surface area contributed by atoms with Crippen molar-refractivity contribution in [1.29, 1.82) is 0 Å². The summed E-state index contributed by atoms with van der Waals surface area (Å²) < 4.78 is 26.8. The van der Waals surface area contributed by atoms with Crippen LogP contribution >= 0.6 is 11.6 Å². The molecule has 0 unspecified atom stereocenters. The van der Waals surface area contributed by atoms with Crippen molar-refractivity contribution in [2.75, 3.05) is 49.5 Å². The van der Waals surface area contributed by atoms with Crippen LogP contribution in [0.5, 0.6) is 0 Å². The molecule has 0 spiro atoms. The standard InChI is InChI=1S/C21H26ClN5O3S/c22-19-15-17(6-7-20(19)25-9-2-1-3-10-25)24-21(28)26-11-13-27(14-12-26)31(29,30)18-5-4-8-23-16-18/h4-8,15-16H,1-3,9-14H2,(H,24,28). The van der Waals surface area contributed by atoms with E-state index in [-0.39, 0.29) is 24.0 Å². The van der Waals surface area contributed by atoms with Crippen LogP contribution < -0.4 is 10.2 Å². The summed E-state index contributed by atoms with van der Waals surface area (Å²) in [6.45, 7) is 3.09. The number of aromatic nitrogens is 1. The number of anilines is 2. The van der Waals surface area contributed by atoms with Crippen molar-refractivity contribution < 1.29 is 13.2 Å². The number of nitrogens with zero attached hydrogens (tertiary/aromatic N) is 4. The zero-order valence-corrected chi connectivity index (χ0v) is 18.8. The Morgan fingerprint density at radius 1 is 1.00 bits per heavy atom. The second-order valence-corrected chi connectivity index (χ2v) is 10.1. The number of carbonyl (C=O) groups is 1. The summed E-state index contributed by atoms with van der Waals surface area (Å²) in [5.41, 5.74) is 1.62. The molecule has 2 aliphatic rings. The van der Waals surface area contributed by atoms with Gasteiger partial charge in [-0.2, -0.15) is 4.31 Å². The van der Waals surface area contributed by atoms with E-state index in [1.54, 1.807) is 17.0 Å². The van der Waals surface area contributed by atoms with E-state index in [0.717, 1.165) is 31.6 Å². The van der Waals surface area contributed by atoms with Crippen molar-refractivity contribution >= 4 is 39.0 Å². The van der Waals surface area contributed by atoms with E-state index < -0.39 is 10.0 Å². The molecule has 3 heterocycles. The van der Waals surface area contributed by atoms with Crippen LogP contribution in [0.25, 0.3) is 0 Å². The van der Waals surface area contributed by atoms with Gasteiger partial charge in [0.05, 0.1) is 10.7 Å². The second kappa shape index (κ2) is 9.42. The van der Waals surface area contributed by atoms with Gasteiger partial charge in [0, 0.05) is 57.3 Å². The zero-order valence-electron chi connectivity index (χ0n) is 17.2. The number of rotatable bonds is 4. The third-order valence-electron chi connectivity index (χ3n) is 5.69. The van der Waals surface area contributed by atoms with Gasteiger partial charge in [-0.15, -0.1) is 0 Å². The summed E-state index contributed by atoms with van der Waals surface area (Å²) in [6, 6.07) is 8.43. The zero-order chi connectivity index (χ0) is 21.8. The van der Waals surface area contributed by atoms with E-state index in [4.69, 9.17) is 11.6 Å². The van der Waals surface area contributed by atoms with E-state index in [0.29, 0.717) is 23.8 Å². The van der Waals surface area contributed by atoms with Crippen molar-refractivity contribution in [2.24, 2.45) is 0 Å². The largest absolute Gasteiger partial charge is 0.370 e. The number of piperidine rings is 1. The Kier molecular flexibility index (Phi) is 6.64. The van der Waals surface area contributed by atoms with Gasteiger partial charge in [0.1, 0.15) is 4.90 Å². The van der Waals surface area contributed by atoms with Crippen LogP contribution in [-0.4, -0.2) is 67.9 Å². The molecule has 0 bridgehead atoms. The van der Waals surface area contributed by atoms with Crippen LogP contribution in [0.2, 0.25) is 5.02 Å². The van der Waals surface area contributed by atoms with Gasteiger partial charge in [-0.25, -0.2) is 13.2 Å². The predicted octanol–water partition coefficient (Wildman–Crippen LogP) is 3.26. The smallest absolute Gasteiger partial charge is 0.321 e. The molecule has 2 saturated heterocycles. The number of carbonyl (C=O) groups excluding carboxylic acids is 1. The van der Waals surface area contributed by atoms with Crippen LogP contribution in [0.15, 0.2) is 47.6 Å². The fraction of sp³-hybridized carbons (Fsp3) is 0.429. The van der Waals surface area contributed by atoms with E-state index in [1.807, 2.05) is 12.1 Å². The summed E-state index contributed by atoms with van der Waals surface area (Å²) in [4.78, 5) is 20.6. The first-order valence-corrected chi connectivity index (χ1v) is 12.3. The molecule has 0 aliphatic carbocycles. The Morgan fingerprint density at radius 3 is 2.39 bits per heavy atom. The average molecular weight is 464 g/mol. The summed E-state index contributed by atoms with van der Waals surface area (Å²) in [5.74, 6) is 0. The van der Waals surface area contributed by atoms with Gasteiger partial charge in [0.25, 0.3) is 0 Å². The lowest BCUT2D eigenvalue weighted by Gasteiger charge is -2.34. The predicted molar refractivity (Wildman–Crippen MR) is 121 cm³/mol. The molecule has 8 nitrogen and oxygen atoms in total. The van der Waals surface area contributed by atoms with E-state index >= 15 is 0 Å². The van der Waals surface area contributed by atoms with Crippen molar-refractivity contribution in [3.05, 3.63) is 47.7 Å². The Hall–Kier alpha value is -2.36. The van der Waals surface area contributed by atoms with Crippen LogP contribution in [0.1, 0.15) is 19.3 Å². The summed E-state index contributed by atoms with van der Waals surface area (Å²) in [5, 5.41) is 3.49. The highest BCUT2D eigenvalue weighted by Crippen LogP contribution is 2.31. The van der Waals surface area contributed by atoms with Gasteiger partial charge in [0.2, 0.25) is 10.0 Å². The van der Waals surface area contributed by atoms with E-state index in [1.165, 1.54) is 29.2 Å². The maximum absolute atomic E-state index is 12.7. The Morgan fingerprint density at radius 2 is 1.74 bits per heavy atom. The number of pyridine rings is 1. The molecule has 2 aliphatic heterocycles. The molecule has 1 aromatic carbocycles. The van der Waals surface area contributed by atoms with Gasteiger partial charge >= 0.3 is 6.03 Å². The molecule has 0 radical (unpaired) electrons. The van der Waals surface area contributed by atoms with Crippen LogP contribution in [-0.2, 0) is 10.0 Å². The number of amides is 2. The van der Waals surface area contributed by atoms with Gasteiger partial charge < -0.3 is 15.1 Å². The highest BCUT2D eigenvalue weighted by molar-refractivity contribution is 7.89. The minimum absolute atomic E-state index is 0.163. The Bertz CT molecular complexity index is 1020. The molecule has 1 N–H and O–H groups in total. The maximum Gasteiger partial charge on any atom is 0.321 e. The summed E-state index contributed by atoms with van der Waals surface area (Å²) >= 11 is 6.47. The molecule has 1 aromatic heterocycles. The molecule has 10 heteroatoms. The third kappa shape index (κ3) is 4.94. The van der Waals surface area contributed by atoms with Crippen LogP contribution in [0.3, 0.4) is 0 Å². The first-order chi connectivity index (χ1) is 14.9. The average Bonchev–Trinajstić information content (AvgIpc) is 2.80. The minimum Gasteiger partial charge on any atom is -0.370 e. The number of piperazine rings is 1. The quantitative estimate of drug-likeness (QED) is 0.752. The number of hydrogen-bond acceptors (Lipinski definition) is 5. The molecule has 2 amide bonds. The van der Waals surface area contributed by atoms with Gasteiger partial charge in [-0.05, 0) is 49.6 Å². The summed E-state index contributed by atoms with van der Waals surface area (Å²) in [6.07, 6.45) is 6.45. The number of halogens is 1. The molecule has 31 heavy (non-hydrogen) atoms. The summed E-state index contributed by atoms with van der Waals surface area (Å²) in [7, 11) is -3.60. The molecule has 0 atom stereocenters. The first kappa shape index (κ1) is 21.9. The number of hydrogen-bond donors (Lipinski definition) is 1. The van der Waals surface area contributed by atoms with Crippen molar-refractivity contribution in [3.8, 4) is 0 Å². The molecule has 4 rings (SSSR count). The lowest BCUT2D eigenvalue weighted by molar-refractivity contribution is 0.184. The highest BCUT2D eigenvalue weighted by atomic mass is 35.5. The SMILES string of the molecule is O=C(Nc1ccc(N2CCCCC2)c(Cl)c1)N1CCN(S(=O)(=O)c2cccnc2)CC1. The fourth-order valence-corrected chi connectivity index (χ4v) is 5.65. The maximum atomic E-state index is 12.7. The van der Waals surface area contributed by atoms with Gasteiger partial charge in [0.15, 0.2) is 0 Å². The number of sulfonamides is 1. The third-order valence-corrected chi connectivity index (χ3v) is 7.88. The second-order valence-electron chi connectivity index (χ2n) is 7.72. The van der Waals surface area contributed by atoms with Crippen LogP contribution in [0.4, 0.5) is 16.2 Å². The topological polar surface area (TPSA) is 85.9 Å². The number of benzene rings is 1. The molecule has 0 saturated carbocycles. The van der Waals surface area contributed by atoms with Gasteiger partial charge in [-0.3, -0.25) is 4.98 Å². The van der Waals surface area contributed by atoms with E-state index in [2.05, 4.69) is 15.2 Å². The van der Waals surface area contributed by atoms with E-state index in [9.17, 15) is 13.2 Å². The number of nitrogens with one attached hydrogen (secondary N) is 1. The van der Waals surface area contributed by atoms with Gasteiger partial charge in [-0.1, -0.05) is 11.6 Å². The van der Waals surface area contributed by atoms with Crippen molar-refractivity contribution in [1.82, 2.24) is 14.2 Å². The molecule has 2 fully saturated rings. The van der Waals surface area contributed by atoms with Crippen molar-refractivity contribution in [2.45, 2.75) is 24.2 Å². The molecule has 166 valence electrons. The highest BCUT2D eigenvalue weighted by Gasteiger charge is 2.30. The normalized spacial score (nSPS) is 18.1. The first-order valence-electron chi connectivity index (χ1n) is 10.5. The molecular weight excluding hydrogens is 438 g/mol. The molecule has 2 aromatic rings.